The maximum absolute atomic E-state index is 10.1. The summed E-state index contributed by atoms with van der Waals surface area (Å²) in [6.07, 6.45) is 8.22. The first kappa shape index (κ1) is 21.7. The van der Waals surface area contributed by atoms with Gasteiger partial charge in [0.25, 0.3) is 0 Å². The molecule has 0 spiro atoms. The van der Waals surface area contributed by atoms with Crippen LogP contribution in [-0.4, -0.2) is 52.8 Å². The third-order valence-corrected chi connectivity index (χ3v) is 6.46. The molecule has 1 aliphatic carbocycles. The minimum atomic E-state index is -0.209. The van der Waals surface area contributed by atoms with E-state index in [1.165, 1.54) is 5.56 Å². The Bertz CT molecular complexity index is 1010. The summed E-state index contributed by atoms with van der Waals surface area (Å²) in [5, 5.41) is 31.1. The molecule has 0 radical (unpaired) electrons. The number of fused-ring (bicyclic) bond motifs is 1. The van der Waals surface area contributed by atoms with E-state index in [9.17, 15) is 5.11 Å². The zero-order chi connectivity index (χ0) is 22.0. The molecule has 4 rings (SSSR count). The molecule has 0 bridgehead atoms. The van der Waals surface area contributed by atoms with Crippen molar-refractivity contribution >= 4 is 28.1 Å². The van der Waals surface area contributed by atoms with Crippen LogP contribution in [0.4, 0.5) is 5.82 Å². The van der Waals surface area contributed by atoms with Crippen LogP contribution in [0.3, 0.4) is 0 Å². The van der Waals surface area contributed by atoms with E-state index in [-0.39, 0.29) is 12.1 Å². The molecule has 0 amide bonds. The van der Waals surface area contributed by atoms with Crippen LogP contribution in [0.1, 0.15) is 50.2 Å². The average Bonchev–Trinajstić information content (AvgIpc) is 3.16. The van der Waals surface area contributed by atoms with Crippen molar-refractivity contribution in [3.8, 4) is 0 Å². The monoisotopic (exact) mass is 419 g/mol. The molecule has 1 aromatic heterocycles. The number of piperidine rings is 1. The summed E-state index contributed by atoms with van der Waals surface area (Å²) in [4.78, 5) is 7.25. The lowest BCUT2D eigenvalue weighted by atomic mass is 10.0. The molecule has 2 aromatic rings. The number of aliphatic hydroxyl groups is 1. The Hall–Kier alpha value is -2.57. The van der Waals surface area contributed by atoms with Crippen molar-refractivity contribution in [3.63, 3.8) is 0 Å². The van der Waals surface area contributed by atoms with Crippen molar-refractivity contribution in [1.29, 1.82) is 10.8 Å². The van der Waals surface area contributed by atoms with Gasteiger partial charge >= 0.3 is 0 Å². The second-order valence-corrected chi connectivity index (χ2v) is 9.02. The number of benzene rings is 1. The Kier molecular flexibility index (Phi) is 6.49. The van der Waals surface area contributed by atoms with Gasteiger partial charge in [-0.15, -0.1) is 0 Å². The van der Waals surface area contributed by atoms with Crippen LogP contribution in [0.5, 0.6) is 0 Å². The lowest BCUT2D eigenvalue weighted by molar-refractivity contribution is 0.140. The second-order valence-electron chi connectivity index (χ2n) is 9.02. The van der Waals surface area contributed by atoms with Crippen molar-refractivity contribution in [2.45, 2.75) is 64.1 Å². The average molecular weight is 420 g/mol. The van der Waals surface area contributed by atoms with E-state index < -0.39 is 0 Å². The maximum atomic E-state index is 10.1. The van der Waals surface area contributed by atoms with Crippen LogP contribution in [0.15, 0.2) is 36.4 Å². The molecule has 1 aromatic carbocycles. The predicted octanol–water partition coefficient (Wildman–Crippen LogP) is 3.98. The fourth-order valence-corrected chi connectivity index (χ4v) is 4.72. The minimum Gasteiger partial charge on any atom is -0.392 e. The van der Waals surface area contributed by atoms with E-state index >= 15 is 0 Å². The predicted molar refractivity (Wildman–Crippen MR) is 128 cm³/mol. The lowest BCUT2D eigenvalue weighted by Crippen LogP contribution is -2.48. The Morgan fingerprint density at radius 1 is 1.13 bits per heavy atom. The minimum absolute atomic E-state index is 0.209. The van der Waals surface area contributed by atoms with Crippen molar-refractivity contribution < 1.29 is 5.11 Å². The molecule has 6 nitrogen and oxygen atoms in total. The van der Waals surface area contributed by atoms with Crippen molar-refractivity contribution in [2.75, 3.05) is 18.0 Å². The van der Waals surface area contributed by atoms with Crippen molar-refractivity contribution in [2.24, 2.45) is 0 Å². The normalized spacial score (nSPS) is 22.5. The van der Waals surface area contributed by atoms with Gasteiger partial charge in [-0.1, -0.05) is 11.6 Å². The highest BCUT2D eigenvalue weighted by Crippen LogP contribution is 2.28. The Morgan fingerprint density at radius 3 is 2.58 bits per heavy atom. The van der Waals surface area contributed by atoms with Gasteiger partial charge in [-0.3, -0.25) is 0 Å². The molecular weight excluding hydrogens is 386 g/mol. The maximum Gasteiger partial charge on any atom is 0.138 e. The molecular formula is C25H33N5O. The summed E-state index contributed by atoms with van der Waals surface area (Å²) in [7, 11) is 0. The number of hydrogen-bond donors (Lipinski definition) is 4. The second kappa shape index (κ2) is 9.28. The van der Waals surface area contributed by atoms with Crippen LogP contribution in [0.2, 0.25) is 0 Å². The topological polar surface area (TPSA) is 96.1 Å². The summed E-state index contributed by atoms with van der Waals surface area (Å²) in [5.74, 6) is 0.855. The van der Waals surface area contributed by atoms with E-state index in [2.05, 4.69) is 41.4 Å². The smallest absolute Gasteiger partial charge is 0.138 e. The van der Waals surface area contributed by atoms with Crippen molar-refractivity contribution in [3.05, 3.63) is 47.5 Å². The fraction of sp³-hybridized carbons (Fsp3) is 0.480. The van der Waals surface area contributed by atoms with Gasteiger partial charge in [-0.05, 0) is 76.3 Å². The summed E-state index contributed by atoms with van der Waals surface area (Å²) in [6, 6.07) is 8.95. The Labute approximate surface area is 184 Å². The Balaban J connectivity index is 1.57. The number of nitrogens with one attached hydrogen (secondary N) is 3. The number of aromatic nitrogens is 1. The third-order valence-electron chi connectivity index (χ3n) is 6.46. The zero-order valence-corrected chi connectivity index (χ0v) is 18.5. The lowest BCUT2D eigenvalue weighted by Gasteiger charge is -2.36. The van der Waals surface area contributed by atoms with Crippen molar-refractivity contribution in [1.82, 2.24) is 10.3 Å². The first-order valence-electron chi connectivity index (χ1n) is 11.3. The molecule has 1 saturated carbocycles. The van der Waals surface area contributed by atoms with E-state index in [1.54, 1.807) is 19.1 Å². The quantitative estimate of drug-likeness (QED) is 0.533. The molecule has 2 fully saturated rings. The summed E-state index contributed by atoms with van der Waals surface area (Å²) < 4.78 is 0. The Morgan fingerprint density at radius 2 is 1.90 bits per heavy atom. The van der Waals surface area contributed by atoms with E-state index in [0.29, 0.717) is 17.5 Å². The number of allylic oxidation sites excluding steroid dienone is 2. The van der Waals surface area contributed by atoms with E-state index in [1.807, 2.05) is 0 Å². The molecule has 0 unspecified atom stereocenters. The van der Waals surface area contributed by atoms with Crippen LogP contribution >= 0.6 is 0 Å². The van der Waals surface area contributed by atoms with Gasteiger partial charge in [0.15, 0.2) is 0 Å². The highest BCUT2D eigenvalue weighted by molar-refractivity contribution is 6.13. The van der Waals surface area contributed by atoms with Gasteiger partial charge in [-0.2, -0.15) is 0 Å². The first-order chi connectivity index (χ1) is 14.9. The van der Waals surface area contributed by atoms with Gasteiger partial charge < -0.3 is 26.1 Å². The summed E-state index contributed by atoms with van der Waals surface area (Å²) in [5.41, 5.74) is 3.74. The van der Waals surface area contributed by atoms with Gasteiger partial charge in [0, 0.05) is 41.8 Å². The van der Waals surface area contributed by atoms with Gasteiger partial charge in [-0.25, -0.2) is 4.98 Å². The van der Waals surface area contributed by atoms with Gasteiger partial charge in [0.05, 0.1) is 17.3 Å². The molecule has 2 heterocycles. The highest BCUT2D eigenvalue weighted by atomic mass is 16.3. The molecule has 4 N–H and O–H groups in total. The molecule has 1 aliphatic heterocycles. The standard InChI is InChI=1S/C25H33N5O/c1-16-6-9-22-18(14-16)15-20(21(27)8-7-17(2)26)25(29-22)30-12-10-19(11-13-30)28-23-4-3-5-24(23)31/h6-9,14-15,19,23-24,26-28,31H,3-5,10-13H2,1-2H3/t23-,24-/m0/s1. The number of rotatable bonds is 6. The molecule has 1 saturated heterocycles. The van der Waals surface area contributed by atoms with E-state index in [4.69, 9.17) is 15.8 Å². The van der Waals surface area contributed by atoms with Gasteiger partial charge in [0.1, 0.15) is 5.82 Å². The number of nitrogens with zero attached hydrogens (tertiary/aromatic N) is 2. The number of hydrogen-bond acceptors (Lipinski definition) is 6. The van der Waals surface area contributed by atoms with Crippen LogP contribution in [0, 0.1) is 17.7 Å². The van der Waals surface area contributed by atoms with Crippen LogP contribution < -0.4 is 10.2 Å². The van der Waals surface area contributed by atoms with E-state index in [0.717, 1.165) is 67.5 Å². The molecule has 31 heavy (non-hydrogen) atoms. The fourth-order valence-electron chi connectivity index (χ4n) is 4.72. The van der Waals surface area contributed by atoms with Gasteiger partial charge in [0.2, 0.25) is 0 Å². The molecule has 6 heteroatoms. The largest absolute Gasteiger partial charge is 0.392 e. The summed E-state index contributed by atoms with van der Waals surface area (Å²) in [6.45, 7) is 5.53. The molecule has 164 valence electrons. The SMILES string of the molecule is CC(=N)C=CC(=N)c1cc2cc(C)ccc2nc1N1CCC(N[C@H]2CCC[C@@H]2O)CC1. The zero-order valence-electron chi connectivity index (χ0n) is 18.5. The number of aryl methyl sites for hydroxylation is 1. The number of aliphatic hydroxyl groups excluding tert-OH is 1. The third kappa shape index (κ3) is 5.02. The highest BCUT2D eigenvalue weighted by Gasteiger charge is 2.29. The first-order valence-corrected chi connectivity index (χ1v) is 11.3. The van der Waals surface area contributed by atoms with Crippen LogP contribution in [0.25, 0.3) is 10.9 Å². The summed E-state index contributed by atoms with van der Waals surface area (Å²) >= 11 is 0. The number of anilines is 1. The van der Waals surface area contributed by atoms with Crippen LogP contribution in [-0.2, 0) is 0 Å². The molecule has 2 aliphatic rings. The number of pyridine rings is 1. The molecule has 2 atom stereocenters.